The molecule has 0 aliphatic heterocycles. The Bertz CT molecular complexity index is 1670. The molecule has 0 aliphatic rings. The fraction of sp³-hybridized carbons (Fsp3) is 0.787. The van der Waals surface area contributed by atoms with Crippen molar-refractivity contribution in [3.8, 4) is 0 Å². The number of allylic oxidation sites excluding steroid dienone is 14. The first kappa shape index (κ1) is 82.2. The molecule has 0 fully saturated rings. The number of rotatable bonds is 68. The third-order valence-electron chi connectivity index (χ3n) is 15.8. The fourth-order valence-corrected chi connectivity index (χ4v) is 11.2. The van der Waals surface area contributed by atoms with E-state index in [0.717, 1.165) is 70.6 Å². The van der Waals surface area contributed by atoms with E-state index in [2.05, 4.69) is 98.9 Å². The van der Waals surface area contributed by atoms with Crippen molar-refractivity contribution in [2.45, 2.75) is 354 Å². The first-order chi connectivity index (χ1) is 41.8. The van der Waals surface area contributed by atoms with Gasteiger partial charge in [-0.15, -0.1) is 0 Å². The van der Waals surface area contributed by atoms with Crippen LogP contribution in [-0.4, -0.2) is 49.3 Å². The van der Waals surface area contributed by atoms with E-state index in [0.29, 0.717) is 6.42 Å². The van der Waals surface area contributed by atoms with Crippen LogP contribution in [0.1, 0.15) is 348 Å². The van der Waals surface area contributed by atoms with Gasteiger partial charge < -0.3 is 20.1 Å². The quantitative estimate of drug-likeness (QED) is 0.0264. The maximum atomic E-state index is 12.8. The van der Waals surface area contributed by atoms with Gasteiger partial charge in [-0.05, 0) is 89.9 Å². The number of esters is 2. The molecule has 2 unspecified atom stereocenters. The van der Waals surface area contributed by atoms with Crippen molar-refractivity contribution >= 4 is 19.8 Å². The average molecular weight is 1210 g/mol. The number of hydrogen-bond donors (Lipinski definition) is 2. The zero-order valence-corrected chi connectivity index (χ0v) is 56.5. The smallest absolute Gasteiger partial charge is 0.462 e. The molecule has 0 saturated heterocycles. The number of ether oxygens (including phenoxy) is 2. The van der Waals surface area contributed by atoms with E-state index in [-0.39, 0.29) is 38.6 Å². The summed E-state index contributed by atoms with van der Waals surface area (Å²) in [5.41, 5.74) is 5.41. The first-order valence-corrected chi connectivity index (χ1v) is 37.6. The van der Waals surface area contributed by atoms with Crippen molar-refractivity contribution in [1.29, 1.82) is 0 Å². The predicted octanol–water partition coefficient (Wildman–Crippen LogP) is 23.8. The molecule has 9 nitrogen and oxygen atoms in total. The summed E-state index contributed by atoms with van der Waals surface area (Å²) in [4.78, 5) is 35.4. The number of nitrogens with two attached hydrogens (primary N) is 1. The minimum Gasteiger partial charge on any atom is -0.462 e. The minimum atomic E-state index is -4.40. The molecule has 0 heterocycles. The second-order valence-corrected chi connectivity index (χ2v) is 25.5. The van der Waals surface area contributed by atoms with Crippen LogP contribution >= 0.6 is 7.82 Å². The molecule has 0 amide bonds. The highest BCUT2D eigenvalue weighted by Gasteiger charge is 2.26. The molecule has 85 heavy (non-hydrogen) atoms. The molecular weight excluding hydrogens is 1070 g/mol. The van der Waals surface area contributed by atoms with Crippen molar-refractivity contribution in [2.24, 2.45) is 5.73 Å². The zero-order chi connectivity index (χ0) is 61.6. The summed E-state index contributed by atoms with van der Waals surface area (Å²) in [6.07, 6.45) is 94.0. The van der Waals surface area contributed by atoms with Crippen molar-refractivity contribution in [3.63, 3.8) is 0 Å². The minimum absolute atomic E-state index is 0.0527. The van der Waals surface area contributed by atoms with Crippen molar-refractivity contribution < 1.29 is 37.6 Å². The standard InChI is InChI=1S/C75H136NO8P/c1-3-5-7-9-11-13-15-17-19-21-23-25-27-29-31-32-33-34-35-36-37-38-39-40-42-44-46-48-50-52-54-56-58-60-62-64-66-68-75(78)84-73(72-83-85(79,80)82-70-69-76)71-81-74(77)67-65-63-61-59-57-55-53-51-49-47-45-43-41-30-28-26-24-22-20-18-16-14-12-10-8-6-4-2/h5,7,11,13,16-19,22-25,28,30,73H,3-4,6,8-10,12,14-15,20-21,26-27,29,31-72,76H2,1-2H3,(H,79,80)/b7-5-,13-11-,18-16-,19-17-,24-22-,25-23-,30-28-. The van der Waals surface area contributed by atoms with Crippen LogP contribution in [0.3, 0.4) is 0 Å². The van der Waals surface area contributed by atoms with E-state index in [1.165, 1.54) is 244 Å². The van der Waals surface area contributed by atoms with E-state index in [4.69, 9.17) is 24.3 Å². The summed E-state index contributed by atoms with van der Waals surface area (Å²) in [5, 5.41) is 0. The molecular formula is C75H136NO8P. The molecule has 0 saturated carbocycles. The van der Waals surface area contributed by atoms with Crippen LogP contribution in [0, 0.1) is 0 Å². The number of phosphoric acid groups is 1. The maximum Gasteiger partial charge on any atom is 0.472 e. The number of hydrogen-bond acceptors (Lipinski definition) is 8. The molecule has 494 valence electrons. The summed E-state index contributed by atoms with van der Waals surface area (Å²) >= 11 is 0. The van der Waals surface area contributed by atoms with Crippen LogP contribution in [0.2, 0.25) is 0 Å². The van der Waals surface area contributed by atoms with Crippen LogP contribution in [0.5, 0.6) is 0 Å². The van der Waals surface area contributed by atoms with Gasteiger partial charge in [0.05, 0.1) is 13.2 Å². The van der Waals surface area contributed by atoms with E-state index >= 15 is 0 Å². The van der Waals surface area contributed by atoms with Gasteiger partial charge in [0.1, 0.15) is 6.61 Å². The summed E-state index contributed by atoms with van der Waals surface area (Å²) in [6.45, 7) is 3.67. The Balaban J connectivity index is 3.82. The maximum absolute atomic E-state index is 12.8. The highest BCUT2D eigenvalue weighted by molar-refractivity contribution is 7.47. The van der Waals surface area contributed by atoms with Crippen LogP contribution in [0.4, 0.5) is 0 Å². The van der Waals surface area contributed by atoms with Gasteiger partial charge in [0.15, 0.2) is 6.10 Å². The second-order valence-electron chi connectivity index (χ2n) is 24.1. The van der Waals surface area contributed by atoms with E-state index < -0.39 is 26.5 Å². The lowest BCUT2D eigenvalue weighted by atomic mass is 10.0. The van der Waals surface area contributed by atoms with Crippen LogP contribution in [0.25, 0.3) is 0 Å². The van der Waals surface area contributed by atoms with Crippen molar-refractivity contribution in [2.75, 3.05) is 26.4 Å². The van der Waals surface area contributed by atoms with Gasteiger partial charge in [-0.3, -0.25) is 18.6 Å². The van der Waals surface area contributed by atoms with Crippen LogP contribution in [-0.2, 0) is 32.7 Å². The molecule has 0 aliphatic carbocycles. The number of carbonyl (C=O) groups is 2. The van der Waals surface area contributed by atoms with Gasteiger partial charge in [0.2, 0.25) is 0 Å². The normalized spacial score (nSPS) is 13.4. The van der Waals surface area contributed by atoms with Crippen LogP contribution < -0.4 is 5.73 Å². The molecule has 0 bridgehead atoms. The van der Waals surface area contributed by atoms with E-state index in [1.54, 1.807) is 0 Å². The molecule has 10 heteroatoms. The Morgan fingerprint density at radius 2 is 0.647 bits per heavy atom. The summed E-state index contributed by atoms with van der Waals surface area (Å²) in [6, 6.07) is 0. The van der Waals surface area contributed by atoms with Crippen LogP contribution in [0.15, 0.2) is 85.1 Å². The Kier molecular flexibility index (Phi) is 68.0. The average Bonchev–Trinajstić information content (AvgIpc) is 3.52. The highest BCUT2D eigenvalue weighted by atomic mass is 31.2. The molecule has 0 aromatic heterocycles. The van der Waals surface area contributed by atoms with Gasteiger partial charge >= 0.3 is 19.8 Å². The molecule has 0 rings (SSSR count). The highest BCUT2D eigenvalue weighted by Crippen LogP contribution is 2.43. The van der Waals surface area contributed by atoms with Crippen molar-refractivity contribution in [3.05, 3.63) is 85.1 Å². The monoisotopic (exact) mass is 1210 g/mol. The summed E-state index contributed by atoms with van der Waals surface area (Å²) < 4.78 is 33.2. The SMILES string of the molecule is CC/C=C\C/C=C\C/C=C\C/C=C\CCCCCCCCCCCCCCCCCCCCCCCCCCC(=O)OC(COC(=O)CCCCCCCCCCCCCC/C=C\C/C=C\C/C=C\CCCCCCC)COP(=O)(O)OCCN. The Labute approximate surface area is 525 Å². The molecule has 0 radical (unpaired) electrons. The molecule has 3 N–H and O–H groups in total. The Morgan fingerprint density at radius 3 is 0.965 bits per heavy atom. The largest absolute Gasteiger partial charge is 0.472 e. The lowest BCUT2D eigenvalue weighted by Crippen LogP contribution is -2.29. The Hall–Kier alpha value is -2.81. The number of phosphoric ester groups is 1. The van der Waals surface area contributed by atoms with Gasteiger partial charge in [0.25, 0.3) is 0 Å². The topological polar surface area (TPSA) is 134 Å². The molecule has 2 atom stereocenters. The lowest BCUT2D eigenvalue weighted by Gasteiger charge is -2.19. The second kappa shape index (κ2) is 70.3. The number of carbonyl (C=O) groups excluding carboxylic acids is 2. The zero-order valence-electron chi connectivity index (χ0n) is 55.6. The van der Waals surface area contributed by atoms with Gasteiger partial charge in [0, 0.05) is 19.4 Å². The summed E-state index contributed by atoms with van der Waals surface area (Å²) in [7, 11) is -4.40. The van der Waals surface area contributed by atoms with Crippen molar-refractivity contribution in [1.82, 2.24) is 0 Å². The lowest BCUT2D eigenvalue weighted by molar-refractivity contribution is -0.161. The predicted molar refractivity (Wildman–Crippen MR) is 367 cm³/mol. The first-order valence-electron chi connectivity index (χ1n) is 36.1. The van der Waals surface area contributed by atoms with E-state index in [1.807, 2.05) is 0 Å². The third kappa shape index (κ3) is 70.2. The molecule has 0 spiro atoms. The third-order valence-corrected chi connectivity index (χ3v) is 16.7. The van der Waals surface area contributed by atoms with Gasteiger partial charge in [-0.25, -0.2) is 4.57 Å². The molecule has 0 aromatic rings. The van der Waals surface area contributed by atoms with Gasteiger partial charge in [-0.2, -0.15) is 0 Å². The Morgan fingerprint density at radius 1 is 0.365 bits per heavy atom. The number of unbranched alkanes of at least 4 members (excludes halogenated alkanes) is 41. The van der Waals surface area contributed by atoms with Gasteiger partial charge in [-0.1, -0.05) is 330 Å². The van der Waals surface area contributed by atoms with E-state index in [9.17, 15) is 19.0 Å². The molecule has 0 aromatic carbocycles. The fourth-order valence-electron chi connectivity index (χ4n) is 10.5. The summed E-state index contributed by atoms with van der Waals surface area (Å²) in [5.74, 6) is -0.815.